The fraction of sp³-hybridized carbons (Fsp3) is 0.529. The molecular formula is C17H25N3O3. The zero-order chi connectivity index (χ0) is 16.8. The third kappa shape index (κ3) is 4.22. The maximum absolute atomic E-state index is 12.9. The van der Waals surface area contributed by atoms with Gasteiger partial charge in [0.05, 0.1) is 6.61 Å². The zero-order valence-electron chi connectivity index (χ0n) is 14.0. The predicted molar refractivity (Wildman–Crippen MR) is 89.5 cm³/mol. The molecule has 1 heterocycles. The summed E-state index contributed by atoms with van der Waals surface area (Å²) in [6.45, 7) is 5.37. The van der Waals surface area contributed by atoms with Crippen LogP contribution in [0.4, 0.5) is 10.5 Å². The minimum absolute atomic E-state index is 0.00318. The quantitative estimate of drug-likeness (QED) is 0.782. The molecule has 1 aromatic rings. The number of methoxy groups -OCH3 is 1. The number of carbonyl (C=O) groups excluding carboxylic acids is 2. The Morgan fingerprint density at radius 1 is 1.30 bits per heavy atom. The lowest BCUT2D eigenvalue weighted by Gasteiger charge is -2.27. The van der Waals surface area contributed by atoms with Gasteiger partial charge in [-0.1, -0.05) is 32.0 Å². The molecule has 23 heavy (non-hydrogen) atoms. The van der Waals surface area contributed by atoms with Crippen molar-refractivity contribution in [3.05, 3.63) is 29.8 Å². The van der Waals surface area contributed by atoms with Crippen LogP contribution in [0.2, 0.25) is 0 Å². The first-order valence-corrected chi connectivity index (χ1v) is 7.97. The molecule has 3 amide bonds. The van der Waals surface area contributed by atoms with Crippen LogP contribution in [0.1, 0.15) is 19.4 Å². The number of nitrogens with zero attached hydrogens (tertiary/aromatic N) is 1. The fourth-order valence-electron chi connectivity index (χ4n) is 2.71. The van der Waals surface area contributed by atoms with Gasteiger partial charge in [-0.15, -0.1) is 0 Å². The highest BCUT2D eigenvalue weighted by atomic mass is 16.5. The van der Waals surface area contributed by atoms with Gasteiger partial charge in [-0.2, -0.15) is 0 Å². The van der Waals surface area contributed by atoms with Crippen molar-refractivity contribution in [3.63, 3.8) is 0 Å². The first-order valence-electron chi connectivity index (χ1n) is 7.97. The van der Waals surface area contributed by atoms with E-state index in [9.17, 15) is 9.59 Å². The Hall–Kier alpha value is -2.08. The molecule has 2 N–H and O–H groups in total. The van der Waals surface area contributed by atoms with Crippen LogP contribution < -0.4 is 15.5 Å². The number of benzene rings is 1. The van der Waals surface area contributed by atoms with E-state index in [1.54, 1.807) is 12.0 Å². The summed E-state index contributed by atoms with van der Waals surface area (Å²) in [6, 6.07) is 7.01. The predicted octanol–water partition coefficient (Wildman–Crippen LogP) is 1.55. The van der Waals surface area contributed by atoms with Gasteiger partial charge in [-0.05, 0) is 24.0 Å². The van der Waals surface area contributed by atoms with Crippen LogP contribution >= 0.6 is 0 Å². The van der Waals surface area contributed by atoms with Crippen molar-refractivity contribution in [1.29, 1.82) is 0 Å². The molecule has 0 unspecified atom stereocenters. The van der Waals surface area contributed by atoms with Gasteiger partial charge in [0.15, 0.2) is 0 Å². The van der Waals surface area contributed by atoms with E-state index in [2.05, 4.69) is 10.6 Å². The number of hydrogen-bond acceptors (Lipinski definition) is 3. The Morgan fingerprint density at radius 2 is 2.04 bits per heavy atom. The number of carbonyl (C=O) groups is 2. The summed E-state index contributed by atoms with van der Waals surface area (Å²) in [6.07, 6.45) is 0.854. The van der Waals surface area contributed by atoms with E-state index < -0.39 is 6.04 Å². The highest BCUT2D eigenvalue weighted by Gasteiger charge is 2.32. The standard InChI is InChI=1S/C17H25N3O3/c1-12(2)15(19-17(22)18-9-11-23-3)16(21)20-10-8-13-6-4-5-7-14(13)20/h4-7,12,15H,8-11H2,1-3H3,(H2,18,19,22)/t15-/m0/s1. The lowest BCUT2D eigenvalue weighted by Crippen LogP contribution is -2.53. The van der Waals surface area contributed by atoms with Crippen LogP contribution in [0.15, 0.2) is 24.3 Å². The molecule has 0 aromatic heterocycles. The van der Waals surface area contributed by atoms with Gasteiger partial charge in [0.25, 0.3) is 0 Å². The van der Waals surface area contributed by atoms with Crippen molar-refractivity contribution in [2.24, 2.45) is 5.92 Å². The molecule has 6 heteroatoms. The number of anilines is 1. The van der Waals surface area contributed by atoms with E-state index >= 15 is 0 Å². The molecule has 0 fully saturated rings. The molecule has 0 aliphatic carbocycles. The Kier molecular flexibility index (Phi) is 5.98. The summed E-state index contributed by atoms with van der Waals surface area (Å²) in [5.74, 6) is -0.0599. The van der Waals surface area contributed by atoms with Crippen molar-refractivity contribution < 1.29 is 14.3 Å². The molecule has 1 aliphatic heterocycles. The monoisotopic (exact) mass is 319 g/mol. The van der Waals surface area contributed by atoms with Gasteiger partial charge in [0, 0.05) is 25.9 Å². The molecule has 0 radical (unpaired) electrons. The van der Waals surface area contributed by atoms with Gasteiger partial charge in [0.1, 0.15) is 6.04 Å². The summed E-state index contributed by atoms with van der Waals surface area (Å²) >= 11 is 0. The van der Waals surface area contributed by atoms with Crippen LogP contribution in [-0.4, -0.2) is 44.8 Å². The SMILES string of the molecule is COCCNC(=O)N[C@H](C(=O)N1CCc2ccccc21)C(C)C. The average molecular weight is 319 g/mol. The fourth-order valence-corrected chi connectivity index (χ4v) is 2.71. The summed E-state index contributed by atoms with van der Waals surface area (Å²) < 4.78 is 4.89. The van der Waals surface area contributed by atoms with E-state index in [0.717, 1.165) is 12.1 Å². The number of nitrogens with one attached hydrogen (secondary N) is 2. The molecule has 1 atom stereocenters. The van der Waals surface area contributed by atoms with Crippen LogP contribution in [0.3, 0.4) is 0 Å². The zero-order valence-corrected chi connectivity index (χ0v) is 14.0. The van der Waals surface area contributed by atoms with Crippen LogP contribution in [0.25, 0.3) is 0 Å². The largest absolute Gasteiger partial charge is 0.383 e. The maximum atomic E-state index is 12.9. The summed E-state index contributed by atoms with van der Waals surface area (Å²) in [4.78, 5) is 26.6. The number of urea groups is 1. The van der Waals surface area contributed by atoms with Gasteiger partial charge < -0.3 is 20.3 Å². The second-order valence-corrected chi connectivity index (χ2v) is 5.98. The van der Waals surface area contributed by atoms with Gasteiger partial charge in [0.2, 0.25) is 5.91 Å². The van der Waals surface area contributed by atoms with Crippen molar-refractivity contribution >= 4 is 17.6 Å². The van der Waals surface area contributed by atoms with Crippen molar-refractivity contribution in [2.45, 2.75) is 26.3 Å². The minimum Gasteiger partial charge on any atom is -0.383 e. The Bertz CT molecular complexity index is 560. The number of hydrogen-bond donors (Lipinski definition) is 2. The normalized spacial score (nSPS) is 14.5. The number of fused-ring (bicyclic) bond motifs is 1. The van der Waals surface area contributed by atoms with Crippen LogP contribution in [0.5, 0.6) is 0 Å². The summed E-state index contributed by atoms with van der Waals surface area (Å²) in [5.41, 5.74) is 2.12. The highest BCUT2D eigenvalue weighted by molar-refractivity contribution is 6.00. The Labute approximate surface area is 137 Å². The topological polar surface area (TPSA) is 70.7 Å². The number of ether oxygens (including phenoxy) is 1. The third-order valence-corrected chi connectivity index (χ3v) is 3.96. The van der Waals surface area contributed by atoms with Crippen molar-refractivity contribution in [2.75, 3.05) is 31.7 Å². The van der Waals surface area contributed by atoms with E-state index in [-0.39, 0.29) is 17.9 Å². The second-order valence-electron chi connectivity index (χ2n) is 5.98. The molecule has 126 valence electrons. The number of para-hydroxylation sites is 1. The minimum atomic E-state index is -0.552. The first kappa shape index (κ1) is 17.3. The summed E-state index contributed by atoms with van der Waals surface area (Å²) in [7, 11) is 1.57. The lowest BCUT2D eigenvalue weighted by atomic mass is 10.0. The van der Waals surface area contributed by atoms with E-state index in [4.69, 9.17) is 4.74 Å². The molecule has 0 saturated heterocycles. The Balaban J connectivity index is 2.03. The molecule has 1 aromatic carbocycles. The third-order valence-electron chi connectivity index (χ3n) is 3.96. The van der Waals surface area contributed by atoms with E-state index in [1.807, 2.05) is 38.1 Å². The molecule has 0 bridgehead atoms. The van der Waals surface area contributed by atoms with Gasteiger partial charge in [-0.25, -0.2) is 4.79 Å². The first-order chi connectivity index (χ1) is 11.0. The molecular weight excluding hydrogens is 294 g/mol. The van der Waals surface area contributed by atoms with Gasteiger partial charge in [-0.3, -0.25) is 4.79 Å². The molecule has 2 rings (SSSR count). The average Bonchev–Trinajstić information content (AvgIpc) is 2.96. The molecule has 0 saturated carbocycles. The molecule has 6 nitrogen and oxygen atoms in total. The molecule has 0 spiro atoms. The van der Waals surface area contributed by atoms with Crippen LogP contribution in [0, 0.1) is 5.92 Å². The highest BCUT2D eigenvalue weighted by Crippen LogP contribution is 2.28. The van der Waals surface area contributed by atoms with Crippen LogP contribution in [-0.2, 0) is 16.0 Å². The van der Waals surface area contributed by atoms with Crippen molar-refractivity contribution in [3.8, 4) is 0 Å². The lowest BCUT2D eigenvalue weighted by molar-refractivity contribution is -0.121. The Morgan fingerprint density at radius 3 is 2.74 bits per heavy atom. The summed E-state index contributed by atoms with van der Waals surface area (Å²) in [5, 5.41) is 5.47. The number of amides is 3. The second kappa shape index (κ2) is 7.97. The van der Waals surface area contributed by atoms with E-state index in [0.29, 0.717) is 19.7 Å². The maximum Gasteiger partial charge on any atom is 0.315 e. The van der Waals surface area contributed by atoms with E-state index in [1.165, 1.54) is 5.56 Å². The van der Waals surface area contributed by atoms with Crippen molar-refractivity contribution in [1.82, 2.24) is 10.6 Å². The number of rotatable bonds is 6. The molecule has 1 aliphatic rings. The smallest absolute Gasteiger partial charge is 0.315 e. The van der Waals surface area contributed by atoms with Gasteiger partial charge >= 0.3 is 6.03 Å².